The molecule has 2 aliphatic heterocycles. The van der Waals surface area contributed by atoms with Gasteiger partial charge in [0, 0.05) is 62.8 Å². The van der Waals surface area contributed by atoms with E-state index in [0.717, 1.165) is 83.0 Å². The van der Waals surface area contributed by atoms with Crippen LogP contribution in [0.4, 0.5) is 43.4 Å². The lowest BCUT2D eigenvalue weighted by Crippen LogP contribution is -2.46. The molecule has 0 atom stereocenters. The van der Waals surface area contributed by atoms with Gasteiger partial charge in [-0.1, -0.05) is 13.0 Å². The standard InChI is InChI=1S/C29H36F6N6O2/c1-2-4-23(5-3-12-38-15-17-40(18-16-38)24-7-9-27(36-20-24)29(33,34)35)39-13-10-21(11-14-39)37-22-6-8-26(41(42)43)25(19-22)28(30,31)32/h4,6-9,19-21,37H,2-3,5,10-18H2,1H3/b23-4+. The molecule has 1 aromatic carbocycles. The van der Waals surface area contributed by atoms with E-state index in [1.54, 1.807) is 0 Å². The number of hydrogen-bond donors (Lipinski definition) is 1. The quantitative estimate of drug-likeness (QED) is 0.179. The maximum atomic E-state index is 13.3. The number of rotatable bonds is 10. The fraction of sp³-hybridized carbons (Fsp3) is 0.552. The number of halogens is 6. The molecule has 0 amide bonds. The van der Waals surface area contributed by atoms with Crippen molar-refractivity contribution in [3.05, 3.63) is 69.7 Å². The number of hydrogen-bond acceptors (Lipinski definition) is 7. The molecule has 3 heterocycles. The predicted molar refractivity (Wildman–Crippen MR) is 152 cm³/mol. The Morgan fingerprint density at radius 1 is 1.02 bits per heavy atom. The molecule has 236 valence electrons. The van der Waals surface area contributed by atoms with Gasteiger partial charge in [0.15, 0.2) is 0 Å². The number of benzene rings is 1. The molecule has 8 nitrogen and oxygen atoms in total. The Hall–Kier alpha value is -3.55. The minimum absolute atomic E-state index is 0.0437. The Bertz CT molecular complexity index is 1250. The fourth-order valence-electron chi connectivity index (χ4n) is 5.64. The third kappa shape index (κ3) is 8.74. The van der Waals surface area contributed by atoms with Crippen LogP contribution in [0.15, 0.2) is 48.3 Å². The van der Waals surface area contributed by atoms with Crippen molar-refractivity contribution in [3.63, 3.8) is 0 Å². The Morgan fingerprint density at radius 3 is 2.28 bits per heavy atom. The van der Waals surface area contributed by atoms with Gasteiger partial charge in [-0.25, -0.2) is 4.98 Å². The smallest absolute Gasteiger partial charge is 0.382 e. The summed E-state index contributed by atoms with van der Waals surface area (Å²) < 4.78 is 78.4. The van der Waals surface area contributed by atoms with Gasteiger partial charge in [-0.2, -0.15) is 26.3 Å². The number of piperidine rings is 1. The first-order valence-corrected chi connectivity index (χ1v) is 14.4. The highest BCUT2D eigenvalue weighted by Crippen LogP contribution is 2.38. The average molecular weight is 615 g/mol. The molecule has 2 aromatic rings. The molecule has 0 saturated carbocycles. The van der Waals surface area contributed by atoms with Crippen molar-refractivity contribution >= 4 is 17.1 Å². The van der Waals surface area contributed by atoms with Crippen molar-refractivity contribution in [1.29, 1.82) is 0 Å². The first kappa shape index (κ1) is 32.4. The second-order valence-corrected chi connectivity index (χ2v) is 10.8. The number of aromatic nitrogens is 1. The lowest BCUT2D eigenvalue weighted by molar-refractivity contribution is -0.388. The van der Waals surface area contributed by atoms with E-state index in [2.05, 4.69) is 33.1 Å². The van der Waals surface area contributed by atoms with Gasteiger partial charge in [-0.3, -0.25) is 15.0 Å². The monoisotopic (exact) mass is 614 g/mol. The molecule has 0 radical (unpaired) electrons. The van der Waals surface area contributed by atoms with Crippen LogP contribution in [-0.2, 0) is 12.4 Å². The molecule has 0 aliphatic carbocycles. The fourth-order valence-corrected chi connectivity index (χ4v) is 5.64. The normalized spacial score (nSPS) is 17.8. The van der Waals surface area contributed by atoms with Gasteiger partial charge in [-0.15, -0.1) is 0 Å². The minimum atomic E-state index is -4.82. The minimum Gasteiger partial charge on any atom is -0.382 e. The summed E-state index contributed by atoms with van der Waals surface area (Å²) in [5.41, 5.74) is -0.949. The van der Waals surface area contributed by atoms with Crippen LogP contribution < -0.4 is 10.2 Å². The number of nitrogens with one attached hydrogen (secondary N) is 1. The van der Waals surface area contributed by atoms with Gasteiger partial charge < -0.3 is 15.1 Å². The summed E-state index contributed by atoms with van der Waals surface area (Å²) >= 11 is 0. The van der Waals surface area contributed by atoms with Crippen molar-refractivity contribution in [3.8, 4) is 0 Å². The second-order valence-electron chi connectivity index (χ2n) is 10.8. The summed E-state index contributed by atoms with van der Waals surface area (Å²) in [6, 6.07) is 5.47. The third-order valence-electron chi connectivity index (χ3n) is 7.89. The molecule has 2 saturated heterocycles. The van der Waals surface area contributed by atoms with Gasteiger partial charge >= 0.3 is 12.4 Å². The highest BCUT2D eigenvalue weighted by atomic mass is 19.4. The molecule has 1 N–H and O–H groups in total. The molecule has 0 bridgehead atoms. The van der Waals surface area contributed by atoms with E-state index in [-0.39, 0.29) is 11.7 Å². The Balaban J connectivity index is 1.22. The number of nitrogens with zero attached hydrogens (tertiary/aromatic N) is 5. The topological polar surface area (TPSA) is 77.8 Å². The summed E-state index contributed by atoms with van der Waals surface area (Å²) in [6.45, 7) is 7.53. The molecule has 43 heavy (non-hydrogen) atoms. The number of piperazine rings is 1. The van der Waals surface area contributed by atoms with E-state index in [9.17, 15) is 36.5 Å². The van der Waals surface area contributed by atoms with Crippen LogP contribution in [0.25, 0.3) is 0 Å². The van der Waals surface area contributed by atoms with Gasteiger partial charge in [0.2, 0.25) is 0 Å². The molecule has 1 aromatic heterocycles. The summed E-state index contributed by atoms with van der Waals surface area (Å²) in [5, 5.41) is 14.2. The maximum Gasteiger partial charge on any atom is 0.433 e. The SMILES string of the molecule is CC/C=C(\CCCN1CCN(c2ccc(C(F)(F)F)nc2)CC1)N1CCC(Nc2ccc([N+](=O)[O-])c(C(F)(F)F)c2)CC1. The lowest BCUT2D eigenvalue weighted by atomic mass is 10.0. The molecule has 14 heteroatoms. The Labute approximate surface area is 246 Å². The van der Waals surface area contributed by atoms with Gasteiger partial charge in [0.05, 0.1) is 16.8 Å². The summed E-state index contributed by atoms with van der Waals surface area (Å²) in [5.74, 6) is 0. The van der Waals surface area contributed by atoms with Crippen molar-refractivity contribution in [2.75, 3.05) is 56.0 Å². The molecule has 0 unspecified atom stereocenters. The Morgan fingerprint density at radius 2 is 1.72 bits per heavy atom. The van der Waals surface area contributed by atoms with E-state index in [0.29, 0.717) is 18.8 Å². The summed E-state index contributed by atoms with van der Waals surface area (Å²) in [6.07, 6.45) is -1.59. The van der Waals surface area contributed by atoms with E-state index < -0.39 is 34.2 Å². The first-order chi connectivity index (χ1) is 20.3. The summed E-state index contributed by atoms with van der Waals surface area (Å²) in [4.78, 5) is 20.3. The van der Waals surface area contributed by atoms with Gasteiger partial charge in [0.1, 0.15) is 11.3 Å². The van der Waals surface area contributed by atoms with Crippen LogP contribution in [0, 0.1) is 10.1 Å². The maximum absolute atomic E-state index is 13.3. The van der Waals surface area contributed by atoms with E-state index in [1.165, 1.54) is 24.0 Å². The number of alkyl halides is 6. The zero-order valence-electron chi connectivity index (χ0n) is 23.9. The van der Waals surface area contributed by atoms with Crippen molar-refractivity contribution in [2.24, 2.45) is 0 Å². The number of nitro groups is 1. The number of allylic oxidation sites excluding steroid dienone is 2. The van der Waals surface area contributed by atoms with Gasteiger partial charge in [0.25, 0.3) is 5.69 Å². The highest BCUT2D eigenvalue weighted by molar-refractivity contribution is 5.55. The first-order valence-electron chi connectivity index (χ1n) is 14.4. The Kier molecular flexibility index (Phi) is 10.4. The van der Waals surface area contributed by atoms with Crippen LogP contribution in [0.5, 0.6) is 0 Å². The molecular formula is C29H36F6N6O2. The number of anilines is 2. The molecule has 4 rings (SSSR count). The predicted octanol–water partition coefficient (Wildman–Crippen LogP) is 6.80. The number of likely N-dealkylation sites (tertiary alicyclic amines) is 1. The molecule has 2 aliphatic rings. The van der Waals surface area contributed by atoms with Crippen molar-refractivity contribution < 1.29 is 31.3 Å². The number of nitro benzene ring substituents is 1. The van der Waals surface area contributed by atoms with E-state index >= 15 is 0 Å². The van der Waals surface area contributed by atoms with Crippen LogP contribution in [0.1, 0.15) is 50.3 Å². The zero-order chi connectivity index (χ0) is 31.2. The molecular weight excluding hydrogens is 578 g/mol. The van der Waals surface area contributed by atoms with Gasteiger partial charge in [-0.05, 0) is 62.9 Å². The second kappa shape index (κ2) is 13.8. The largest absolute Gasteiger partial charge is 0.433 e. The van der Waals surface area contributed by atoms with Crippen LogP contribution in [-0.4, -0.2) is 71.6 Å². The molecule has 2 fully saturated rings. The van der Waals surface area contributed by atoms with Crippen LogP contribution in [0.3, 0.4) is 0 Å². The van der Waals surface area contributed by atoms with Crippen LogP contribution in [0.2, 0.25) is 0 Å². The van der Waals surface area contributed by atoms with Crippen molar-refractivity contribution in [2.45, 2.75) is 57.4 Å². The highest BCUT2D eigenvalue weighted by Gasteiger charge is 2.38. The average Bonchev–Trinajstić information content (AvgIpc) is 2.96. The third-order valence-corrected chi connectivity index (χ3v) is 7.89. The van der Waals surface area contributed by atoms with Crippen molar-refractivity contribution in [1.82, 2.24) is 14.8 Å². The van der Waals surface area contributed by atoms with E-state index in [4.69, 9.17) is 0 Å². The number of pyridine rings is 1. The van der Waals surface area contributed by atoms with E-state index in [1.807, 2.05) is 4.90 Å². The zero-order valence-corrected chi connectivity index (χ0v) is 23.9. The molecule has 0 spiro atoms. The van der Waals surface area contributed by atoms with Crippen LogP contribution >= 0.6 is 0 Å². The lowest BCUT2D eigenvalue weighted by Gasteiger charge is -2.37. The summed E-state index contributed by atoms with van der Waals surface area (Å²) in [7, 11) is 0.